The van der Waals surface area contributed by atoms with Crippen LogP contribution in [-0.4, -0.2) is 41.4 Å². The van der Waals surface area contributed by atoms with Crippen molar-refractivity contribution in [1.82, 2.24) is 4.90 Å². The molecule has 2 heterocycles. The van der Waals surface area contributed by atoms with Crippen LogP contribution in [0.25, 0.3) is 11.1 Å². The molecule has 5 nitrogen and oxygen atoms in total. The number of hydrogen-bond donors (Lipinski definition) is 2. The average Bonchev–Trinajstić information content (AvgIpc) is 2.82. The molecule has 0 spiro atoms. The molecule has 1 saturated heterocycles. The first-order valence-corrected chi connectivity index (χ1v) is 12.5. The molecule has 5 rings (SSSR count). The number of nitrogens with zero attached hydrogens (tertiary/aromatic N) is 1. The highest BCUT2D eigenvalue weighted by Crippen LogP contribution is 2.48. The molecule has 0 bridgehead atoms. The number of likely N-dealkylation sites (tertiary alicyclic amines) is 1. The van der Waals surface area contributed by atoms with Gasteiger partial charge in [0.15, 0.2) is 0 Å². The van der Waals surface area contributed by atoms with Crippen molar-refractivity contribution < 1.29 is 19.7 Å². The molecule has 6 heteroatoms. The molecule has 2 aliphatic heterocycles. The van der Waals surface area contributed by atoms with Crippen LogP contribution in [0, 0.1) is 5.92 Å². The number of halogens is 1. The Balaban J connectivity index is 1.40. The summed E-state index contributed by atoms with van der Waals surface area (Å²) in [4.78, 5) is 2.42. The summed E-state index contributed by atoms with van der Waals surface area (Å²) >= 11 is 6.25. The van der Waals surface area contributed by atoms with E-state index in [0.717, 1.165) is 46.0 Å². The molecule has 0 aromatic heterocycles. The van der Waals surface area contributed by atoms with Crippen molar-refractivity contribution in [2.24, 2.45) is 5.92 Å². The van der Waals surface area contributed by atoms with E-state index in [2.05, 4.69) is 11.8 Å². The van der Waals surface area contributed by atoms with Gasteiger partial charge in [-0.25, -0.2) is 0 Å². The number of allylic oxidation sites excluding steroid dienone is 1. The van der Waals surface area contributed by atoms with E-state index in [4.69, 9.17) is 21.1 Å². The van der Waals surface area contributed by atoms with Crippen molar-refractivity contribution in [2.75, 3.05) is 26.2 Å². The number of phenolic OH excluding ortho intramolecular Hbond substituents is 2. The zero-order chi connectivity index (χ0) is 24.5. The molecular formula is C29H30ClNO4. The molecule has 3 aromatic carbocycles. The third-order valence-corrected chi connectivity index (χ3v) is 7.31. The monoisotopic (exact) mass is 491 g/mol. The van der Waals surface area contributed by atoms with E-state index in [1.807, 2.05) is 43.3 Å². The fraction of sp³-hybridized carbons (Fsp3) is 0.310. The topological polar surface area (TPSA) is 62.2 Å². The van der Waals surface area contributed by atoms with Crippen molar-refractivity contribution in [1.29, 1.82) is 0 Å². The summed E-state index contributed by atoms with van der Waals surface area (Å²) in [5, 5.41) is 20.3. The first-order chi connectivity index (χ1) is 16.9. The molecule has 1 fully saturated rings. The lowest BCUT2D eigenvalue weighted by atomic mass is 9.86. The summed E-state index contributed by atoms with van der Waals surface area (Å²) < 4.78 is 12.4. The second-order valence-corrected chi connectivity index (χ2v) is 9.74. The quantitative estimate of drug-likeness (QED) is 0.393. The van der Waals surface area contributed by atoms with Gasteiger partial charge in [0.05, 0.1) is 5.02 Å². The summed E-state index contributed by atoms with van der Waals surface area (Å²) in [7, 11) is 0. The maximum absolute atomic E-state index is 10.0. The van der Waals surface area contributed by atoms with Gasteiger partial charge in [-0.2, -0.15) is 0 Å². The van der Waals surface area contributed by atoms with Crippen LogP contribution in [-0.2, 0) is 0 Å². The number of rotatable bonds is 7. The molecule has 2 N–H and O–H groups in total. The Kier molecular flexibility index (Phi) is 6.63. The summed E-state index contributed by atoms with van der Waals surface area (Å²) in [6.07, 6.45) is 0.837. The Bertz CT molecular complexity index is 1250. The minimum Gasteiger partial charge on any atom is -0.508 e. The van der Waals surface area contributed by atoms with E-state index in [1.54, 1.807) is 24.3 Å². The van der Waals surface area contributed by atoms with Gasteiger partial charge in [0, 0.05) is 36.8 Å². The molecule has 182 valence electrons. The van der Waals surface area contributed by atoms with E-state index in [0.29, 0.717) is 12.4 Å². The molecule has 0 amide bonds. The van der Waals surface area contributed by atoms with Gasteiger partial charge >= 0.3 is 0 Å². The zero-order valence-corrected chi connectivity index (χ0v) is 20.8. The minimum atomic E-state index is -0.411. The molecule has 35 heavy (non-hydrogen) atoms. The molecule has 1 unspecified atom stereocenters. The second-order valence-electron chi connectivity index (χ2n) is 9.33. The molecule has 1 atom stereocenters. The van der Waals surface area contributed by atoms with Gasteiger partial charge in [-0.15, -0.1) is 0 Å². The van der Waals surface area contributed by atoms with Gasteiger partial charge in [0.1, 0.15) is 35.7 Å². The van der Waals surface area contributed by atoms with Crippen LogP contribution in [0.1, 0.15) is 43.1 Å². The van der Waals surface area contributed by atoms with Crippen molar-refractivity contribution in [3.8, 4) is 23.0 Å². The number of hydrogen-bond acceptors (Lipinski definition) is 5. The molecular weight excluding hydrogens is 462 g/mol. The first kappa shape index (κ1) is 23.6. The fourth-order valence-electron chi connectivity index (χ4n) is 4.87. The smallest absolute Gasteiger partial charge is 0.150 e. The maximum Gasteiger partial charge on any atom is 0.150 e. The summed E-state index contributed by atoms with van der Waals surface area (Å²) in [6, 6.07) is 18.3. The van der Waals surface area contributed by atoms with E-state index in [-0.39, 0.29) is 16.5 Å². The predicted molar refractivity (Wildman–Crippen MR) is 139 cm³/mol. The van der Waals surface area contributed by atoms with E-state index < -0.39 is 6.10 Å². The van der Waals surface area contributed by atoms with Crippen molar-refractivity contribution in [2.45, 2.75) is 26.4 Å². The standard InChI is InChI=1S/C29H30ClNO4/c1-3-19-16-31(17-19)12-13-34-23-8-4-20(5-9-23)29-28(21-6-11-26(33)25(30)14-21)18(2)24-10-7-22(32)15-27(24)35-29/h4-11,14-15,19,29,32-33H,3,12-13,16-17H2,1-2H3. The van der Waals surface area contributed by atoms with E-state index >= 15 is 0 Å². The van der Waals surface area contributed by atoms with Gasteiger partial charge in [-0.3, -0.25) is 4.90 Å². The Morgan fingerprint density at radius 1 is 1.03 bits per heavy atom. The van der Waals surface area contributed by atoms with E-state index in [1.165, 1.54) is 19.5 Å². The number of ether oxygens (including phenoxy) is 2. The first-order valence-electron chi connectivity index (χ1n) is 12.1. The molecule has 0 radical (unpaired) electrons. The minimum absolute atomic E-state index is 0.0391. The Morgan fingerprint density at radius 2 is 1.80 bits per heavy atom. The highest BCUT2D eigenvalue weighted by molar-refractivity contribution is 6.32. The zero-order valence-electron chi connectivity index (χ0n) is 20.0. The van der Waals surface area contributed by atoms with Crippen molar-refractivity contribution >= 4 is 22.7 Å². The lowest BCUT2D eigenvalue weighted by Crippen LogP contribution is -2.47. The fourth-order valence-corrected chi connectivity index (χ4v) is 5.05. The predicted octanol–water partition coefficient (Wildman–Crippen LogP) is 6.54. The molecule has 0 aliphatic carbocycles. The molecule has 3 aromatic rings. The summed E-state index contributed by atoms with van der Waals surface area (Å²) in [5.74, 6) is 2.48. The van der Waals surface area contributed by atoms with Gasteiger partial charge in [-0.1, -0.05) is 43.1 Å². The lowest BCUT2D eigenvalue weighted by Gasteiger charge is -2.38. The summed E-state index contributed by atoms with van der Waals surface area (Å²) in [6.45, 7) is 8.24. The highest BCUT2D eigenvalue weighted by atomic mass is 35.5. The number of aromatic hydroxyl groups is 2. The number of benzene rings is 3. The largest absolute Gasteiger partial charge is 0.508 e. The number of fused-ring (bicyclic) bond motifs is 1. The Hall–Kier alpha value is -3.15. The lowest BCUT2D eigenvalue weighted by molar-refractivity contribution is 0.0806. The maximum atomic E-state index is 10.0. The van der Waals surface area contributed by atoms with Crippen molar-refractivity contribution in [3.63, 3.8) is 0 Å². The average molecular weight is 492 g/mol. The van der Waals surface area contributed by atoms with Crippen LogP contribution in [0.3, 0.4) is 0 Å². The summed E-state index contributed by atoms with van der Waals surface area (Å²) in [5.41, 5.74) is 4.72. The van der Waals surface area contributed by atoms with Crippen LogP contribution in [0.5, 0.6) is 23.0 Å². The van der Waals surface area contributed by atoms with Crippen LogP contribution in [0.15, 0.2) is 60.7 Å². The van der Waals surface area contributed by atoms with Gasteiger partial charge in [-0.05, 0) is 65.9 Å². The van der Waals surface area contributed by atoms with Gasteiger partial charge < -0.3 is 19.7 Å². The molecule has 0 saturated carbocycles. The Labute approximate surface area is 211 Å². The van der Waals surface area contributed by atoms with Gasteiger partial charge in [0.2, 0.25) is 0 Å². The van der Waals surface area contributed by atoms with E-state index in [9.17, 15) is 10.2 Å². The SMILES string of the molecule is CCC1CN(CCOc2ccc(C3Oc4cc(O)ccc4C(C)=C3c3ccc(O)c(Cl)c3)cc2)C1. The van der Waals surface area contributed by atoms with Gasteiger partial charge in [0.25, 0.3) is 0 Å². The van der Waals surface area contributed by atoms with Crippen molar-refractivity contribution in [3.05, 3.63) is 82.4 Å². The Morgan fingerprint density at radius 3 is 2.51 bits per heavy atom. The third kappa shape index (κ3) is 4.84. The second kappa shape index (κ2) is 9.84. The normalized spacial score (nSPS) is 18.1. The van der Waals surface area contributed by atoms with Crippen LogP contribution < -0.4 is 9.47 Å². The highest BCUT2D eigenvalue weighted by Gasteiger charge is 2.30. The number of phenols is 2. The van der Waals surface area contributed by atoms with Crippen LogP contribution >= 0.6 is 11.6 Å². The van der Waals surface area contributed by atoms with Crippen LogP contribution in [0.2, 0.25) is 5.02 Å². The molecule has 2 aliphatic rings. The third-order valence-electron chi connectivity index (χ3n) is 7.01. The van der Waals surface area contributed by atoms with Crippen LogP contribution in [0.4, 0.5) is 0 Å².